The minimum Gasteiger partial charge on any atom is -0.846 e. The smallest absolute Gasteiger partial charge is 0.420 e. The highest BCUT2D eigenvalue weighted by Crippen LogP contribution is 2.44. The minimum atomic E-state index is -4.61. The number of rotatable bonds is 6. The van der Waals surface area contributed by atoms with E-state index < -0.39 is 23.5 Å². The van der Waals surface area contributed by atoms with Crippen molar-refractivity contribution < 1.29 is 27.8 Å². The van der Waals surface area contributed by atoms with Crippen LogP contribution in [0.1, 0.15) is 24.0 Å². The maximum atomic E-state index is 13.3. The Morgan fingerprint density at radius 3 is 2.48 bits per heavy atom. The van der Waals surface area contributed by atoms with Gasteiger partial charge in [0.15, 0.2) is 5.72 Å². The second kappa shape index (κ2) is 7.38. The lowest BCUT2D eigenvalue weighted by Gasteiger charge is -2.26. The first-order chi connectivity index (χ1) is 12.8. The number of aliphatic imine (C=N–C) groups is 1. The van der Waals surface area contributed by atoms with Gasteiger partial charge in [0.2, 0.25) is 0 Å². The molecule has 0 atom stereocenters. The lowest BCUT2D eigenvalue weighted by molar-refractivity contribution is -0.225. The van der Waals surface area contributed by atoms with E-state index >= 15 is 0 Å². The van der Waals surface area contributed by atoms with Gasteiger partial charge in [-0.3, -0.25) is 4.99 Å². The number of hydrogen-bond donors (Lipinski definition) is 1. The molecule has 1 N–H and O–H groups in total. The van der Waals surface area contributed by atoms with Gasteiger partial charge in [0.05, 0.1) is 19.7 Å². The quantitative estimate of drug-likeness (QED) is 0.476. The topological polar surface area (TPSA) is 65.9 Å². The van der Waals surface area contributed by atoms with Gasteiger partial charge in [0.25, 0.3) is 0 Å². The van der Waals surface area contributed by atoms with Crippen molar-refractivity contribution in [2.24, 2.45) is 4.99 Å². The summed E-state index contributed by atoms with van der Waals surface area (Å²) < 4.78 is 50.2. The molecular formula is C19H18F3N2O3-. The van der Waals surface area contributed by atoms with Gasteiger partial charge in [-0.05, 0) is 23.8 Å². The first-order valence-corrected chi connectivity index (χ1v) is 8.29. The fourth-order valence-corrected chi connectivity index (χ4v) is 2.50. The molecule has 0 aliphatic heterocycles. The number of nitrogens with one attached hydrogen (secondary N) is 1. The van der Waals surface area contributed by atoms with E-state index in [-0.39, 0.29) is 18.0 Å². The molecule has 0 unspecified atom stereocenters. The van der Waals surface area contributed by atoms with Gasteiger partial charge in [-0.15, -0.1) is 0 Å². The summed E-state index contributed by atoms with van der Waals surface area (Å²) in [7, 11) is 1.28. The van der Waals surface area contributed by atoms with E-state index in [0.717, 1.165) is 11.6 Å². The third-order valence-electron chi connectivity index (χ3n) is 4.08. The molecule has 27 heavy (non-hydrogen) atoms. The SMILES string of the molecule is COc1ccc(OC2(NC([O-])=NCc3ccccc3)CC2)c(C(F)(F)F)c1. The van der Waals surface area contributed by atoms with E-state index in [0.29, 0.717) is 12.8 Å². The molecule has 0 aromatic heterocycles. The van der Waals surface area contributed by atoms with E-state index in [4.69, 9.17) is 9.47 Å². The largest absolute Gasteiger partial charge is 0.846 e. The van der Waals surface area contributed by atoms with Crippen molar-refractivity contribution in [3.05, 3.63) is 59.7 Å². The van der Waals surface area contributed by atoms with Gasteiger partial charge in [-0.2, -0.15) is 13.2 Å². The van der Waals surface area contributed by atoms with E-state index in [9.17, 15) is 18.3 Å². The van der Waals surface area contributed by atoms with Crippen LogP contribution in [0.3, 0.4) is 0 Å². The Bertz CT molecular complexity index is 819. The molecule has 1 fully saturated rings. The van der Waals surface area contributed by atoms with Crippen molar-refractivity contribution in [1.82, 2.24) is 5.32 Å². The molecule has 0 heterocycles. The lowest BCUT2D eigenvalue weighted by Crippen LogP contribution is -2.47. The number of halogens is 3. The summed E-state index contributed by atoms with van der Waals surface area (Å²) in [4.78, 5) is 3.89. The van der Waals surface area contributed by atoms with Crippen LogP contribution in [0.5, 0.6) is 11.5 Å². The summed E-state index contributed by atoms with van der Waals surface area (Å²) in [6.45, 7) is 0.180. The number of methoxy groups -OCH3 is 1. The Labute approximate surface area is 154 Å². The zero-order chi connectivity index (χ0) is 19.5. The average Bonchev–Trinajstić information content (AvgIpc) is 3.39. The van der Waals surface area contributed by atoms with Gasteiger partial charge >= 0.3 is 6.18 Å². The van der Waals surface area contributed by atoms with Crippen LogP contribution in [-0.4, -0.2) is 18.9 Å². The highest BCUT2D eigenvalue weighted by Gasteiger charge is 2.47. The molecule has 2 aromatic carbocycles. The van der Waals surface area contributed by atoms with Crippen molar-refractivity contribution in [2.45, 2.75) is 31.3 Å². The molecule has 0 radical (unpaired) electrons. The first-order valence-electron chi connectivity index (χ1n) is 8.29. The Hall–Kier alpha value is -2.90. The highest BCUT2D eigenvalue weighted by atomic mass is 19.4. The van der Waals surface area contributed by atoms with Crippen molar-refractivity contribution in [1.29, 1.82) is 0 Å². The summed E-state index contributed by atoms with van der Waals surface area (Å²) in [6, 6.07) is 12.0. The lowest BCUT2D eigenvalue weighted by atomic mass is 10.2. The second-order valence-electron chi connectivity index (χ2n) is 6.19. The fourth-order valence-electron chi connectivity index (χ4n) is 2.50. The summed E-state index contributed by atoms with van der Waals surface area (Å²) in [5.74, 6) is -0.287. The molecule has 1 aliphatic rings. The molecule has 8 heteroatoms. The Kier molecular flexibility index (Phi) is 5.16. The molecule has 3 rings (SSSR count). The van der Waals surface area contributed by atoms with Crippen LogP contribution in [0, 0.1) is 0 Å². The van der Waals surface area contributed by atoms with Gasteiger partial charge in [-0.25, -0.2) is 0 Å². The van der Waals surface area contributed by atoms with Crippen LogP contribution in [-0.2, 0) is 12.7 Å². The molecular weight excluding hydrogens is 361 g/mol. The molecule has 0 amide bonds. The molecule has 0 spiro atoms. The number of ether oxygens (including phenoxy) is 2. The monoisotopic (exact) mass is 379 g/mol. The maximum Gasteiger partial charge on any atom is 0.420 e. The molecule has 5 nitrogen and oxygen atoms in total. The second-order valence-corrected chi connectivity index (χ2v) is 6.19. The summed E-state index contributed by atoms with van der Waals surface area (Å²) >= 11 is 0. The van der Waals surface area contributed by atoms with E-state index in [1.165, 1.54) is 19.2 Å². The van der Waals surface area contributed by atoms with Crippen molar-refractivity contribution in [3.8, 4) is 11.5 Å². The predicted octanol–water partition coefficient (Wildman–Crippen LogP) is 3.09. The fraction of sp³-hybridized carbons (Fsp3) is 0.316. The van der Waals surface area contributed by atoms with Crippen molar-refractivity contribution in [3.63, 3.8) is 0 Å². The van der Waals surface area contributed by atoms with E-state index in [2.05, 4.69) is 10.3 Å². The van der Waals surface area contributed by atoms with Crippen molar-refractivity contribution >= 4 is 6.02 Å². The highest BCUT2D eigenvalue weighted by molar-refractivity contribution is 5.70. The van der Waals surface area contributed by atoms with Crippen LogP contribution >= 0.6 is 0 Å². The van der Waals surface area contributed by atoms with Gasteiger partial charge in [-0.1, -0.05) is 30.3 Å². The molecule has 0 bridgehead atoms. The zero-order valence-electron chi connectivity index (χ0n) is 14.5. The van der Waals surface area contributed by atoms with E-state index in [1.54, 1.807) is 0 Å². The maximum absolute atomic E-state index is 13.3. The van der Waals surface area contributed by atoms with Gasteiger partial charge in [0, 0.05) is 12.8 Å². The normalized spacial score (nSPS) is 15.9. The van der Waals surface area contributed by atoms with Crippen LogP contribution in [0.15, 0.2) is 53.5 Å². The first kappa shape index (κ1) is 18.9. The van der Waals surface area contributed by atoms with Crippen LogP contribution in [0.25, 0.3) is 0 Å². The Morgan fingerprint density at radius 2 is 1.89 bits per heavy atom. The number of amidine groups is 1. The number of alkyl halides is 3. The zero-order valence-corrected chi connectivity index (χ0v) is 14.5. The minimum absolute atomic E-state index is 0.0708. The van der Waals surface area contributed by atoms with E-state index in [1.807, 2.05) is 30.3 Å². The molecule has 1 saturated carbocycles. The Morgan fingerprint density at radius 1 is 1.19 bits per heavy atom. The summed E-state index contributed by atoms with van der Waals surface area (Å²) in [5, 5.41) is 14.6. The van der Waals surface area contributed by atoms with Crippen LogP contribution < -0.4 is 19.9 Å². The van der Waals surface area contributed by atoms with Gasteiger partial charge in [0.1, 0.15) is 17.1 Å². The number of nitrogens with zero attached hydrogens (tertiary/aromatic N) is 1. The van der Waals surface area contributed by atoms with Crippen molar-refractivity contribution in [2.75, 3.05) is 7.11 Å². The standard InChI is InChI=1S/C19H19F3N2O3/c1-26-14-7-8-16(15(11-14)19(20,21)22)27-18(9-10-18)24-17(25)23-12-13-5-3-2-4-6-13/h2-8,11H,9-10,12H2,1H3,(H2,23,24,25)/p-1. The average molecular weight is 379 g/mol. The third kappa shape index (κ3) is 4.84. The molecule has 0 saturated heterocycles. The van der Waals surface area contributed by atoms with Crippen LogP contribution in [0.4, 0.5) is 13.2 Å². The Balaban J connectivity index is 1.72. The summed E-state index contributed by atoms with van der Waals surface area (Å²) in [5.41, 5.74) is -1.26. The molecule has 2 aromatic rings. The summed E-state index contributed by atoms with van der Waals surface area (Å²) in [6.07, 6.45) is -3.80. The van der Waals surface area contributed by atoms with Gasteiger partial charge < -0.3 is 19.9 Å². The number of hydrogen-bond acceptors (Lipinski definition) is 4. The molecule has 144 valence electrons. The third-order valence-corrected chi connectivity index (χ3v) is 4.08. The predicted molar refractivity (Wildman–Crippen MR) is 91.3 cm³/mol. The molecule has 1 aliphatic carbocycles. The van der Waals surface area contributed by atoms with Crippen LogP contribution in [0.2, 0.25) is 0 Å². The number of benzene rings is 2.